The summed E-state index contributed by atoms with van der Waals surface area (Å²) in [6.07, 6.45) is 4.88. The van der Waals surface area contributed by atoms with Crippen molar-refractivity contribution >= 4 is 0 Å². The van der Waals surface area contributed by atoms with Gasteiger partial charge in [-0.3, -0.25) is 5.84 Å². The quantitative estimate of drug-likeness (QED) is 0.303. The predicted octanol–water partition coefficient (Wildman–Crippen LogP) is 0.103. The van der Waals surface area contributed by atoms with Crippen LogP contribution in [-0.2, 0) is 0 Å². The molecular weight excluding hydrogens is 120 g/mol. The first-order chi connectivity index (χ1) is 4.41. The van der Waals surface area contributed by atoms with Gasteiger partial charge in [0.1, 0.15) is 6.33 Å². The monoisotopic (exact) mass is 126 g/mol. The number of hydrogen-bond acceptors (Lipinski definition) is 4. The Morgan fingerprint density at radius 1 is 1.33 bits per heavy atom. The fraction of sp³-hybridized carbons (Fsp3) is 0. The van der Waals surface area contributed by atoms with Crippen LogP contribution in [0, 0.1) is 4.91 Å². The van der Waals surface area contributed by atoms with E-state index in [0.717, 1.165) is 0 Å². The first kappa shape index (κ1) is 7.48. The summed E-state index contributed by atoms with van der Waals surface area (Å²) >= 11 is 0. The molecule has 0 spiro atoms. The molecule has 0 aromatic carbocycles. The van der Waals surface area contributed by atoms with E-state index < -0.39 is 0 Å². The van der Waals surface area contributed by atoms with Gasteiger partial charge in [-0.1, -0.05) is 0 Å². The molecule has 5 nitrogen and oxygen atoms in total. The molecular formula is C4H6N4O. The number of nitrogens with two attached hydrogens (primary N) is 1. The van der Waals surface area contributed by atoms with Crippen molar-refractivity contribution in [3.05, 3.63) is 29.7 Å². The van der Waals surface area contributed by atoms with E-state index in [0.29, 0.717) is 0 Å². The minimum atomic E-state index is 1.50. The van der Waals surface area contributed by atoms with Crippen LogP contribution in [0.15, 0.2) is 30.1 Å². The molecule has 9 heavy (non-hydrogen) atoms. The minimum Gasteiger partial charge on any atom is -0.287 e. The summed E-state index contributed by atoms with van der Waals surface area (Å²) in [7, 11) is 0. The maximum atomic E-state index is 8.33. The maximum absolute atomic E-state index is 8.33. The zero-order chi connectivity index (χ0) is 6.95. The van der Waals surface area contributed by atoms with E-state index in [4.69, 9.17) is 4.91 Å². The van der Waals surface area contributed by atoms with E-state index in [1.54, 1.807) is 23.7 Å². The van der Waals surface area contributed by atoms with E-state index in [2.05, 4.69) is 15.8 Å². The van der Waals surface area contributed by atoms with Crippen LogP contribution >= 0.6 is 0 Å². The molecule has 0 amide bonds. The Balaban J connectivity index is 0.000000187. The summed E-state index contributed by atoms with van der Waals surface area (Å²) in [5.74, 6) is 3.92. The molecule has 0 unspecified atom stereocenters. The Hall–Kier alpha value is -1.52. The van der Waals surface area contributed by atoms with Gasteiger partial charge in [-0.2, -0.15) is 0 Å². The topological polar surface area (TPSA) is 81.2 Å². The second-order valence-corrected chi connectivity index (χ2v) is 1.01. The Kier molecular flexibility index (Phi) is 5.39. The van der Waals surface area contributed by atoms with Crippen molar-refractivity contribution in [2.45, 2.75) is 0 Å². The third-order valence-corrected chi connectivity index (χ3v) is 0.478. The summed E-state index contributed by atoms with van der Waals surface area (Å²) in [6.45, 7) is 0. The SMILES string of the molecule is NN=O.c1cncnc1. The molecule has 0 saturated carbocycles. The highest BCUT2D eigenvalue weighted by Gasteiger charge is 1.59. The summed E-state index contributed by atoms with van der Waals surface area (Å²) < 4.78 is 0. The van der Waals surface area contributed by atoms with Crippen LogP contribution in [0.5, 0.6) is 0 Å². The Labute approximate surface area is 51.9 Å². The molecule has 2 N–H and O–H groups in total. The molecule has 1 rings (SSSR count). The lowest BCUT2D eigenvalue weighted by molar-refractivity contribution is 1.17. The van der Waals surface area contributed by atoms with E-state index in [-0.39, 0.29) is 0 Å². The van der Waals surface area contributed by atoms with Crippen LogP contribution in [0.4, 0.5) is 0 Å². The molecule has 0 atom stereocenters. The number of nitrogens with zero attached hydrogens (tertiary/aromatic N) is 3. The lowest BCUT2D eigenvalue weighted by atomic mass is 10.7. The highest BCUT2D eigenvalue weighted by Crippen LogP contribution is 1.66. The van der Waals surface area contributed by atoms with Gasteiger partial charge in [-0.25, -0.2) is 9.97 Å². The number of nitroso groups, excluding NO2 is 1. The van der Waals surface area contributed by atoms with E-state index >= 15 is 0 Å². The van der Waals surface area contributed by atoms with Gasteiger partial charge >= 0.3 is 0 Å². The molecule has 0 saturated heterocycles. The third kappa shape index (κ3) is 6.48. The van der Waals surface area contributed by atoms with Gasteiger partial charge in [-0.05, 0) is 6.07 Å². The first-order valence-corrected chi connectivity index (χ1v) is 2.14. The number of rotatable bonds is 0. The second-order valence-electron chi connectivity index (χ2n) is 1.01. The van der Waals surface area contributed by atoms with Gasteiger partial charge in [0.05, 0.1) is 0 Å². The van der Waals surface area contributed by atoms with Crippen molar-refractivity contribution in [3.63, 3.8) is 0 Å². The summed E-state index contributed by atoms with van der Waals surface area (Å²) in [6, 6.07) is 1.78. The lowest BCUT2D eigenvalue weighted by Gasteiger charge is -1.70. The fourth-order valence-corrected chi connectivity index (χ4v) is 0.253. The van der Waals surface area contributed by atoms with Gasteiger partial charge in [0.15, 0.2) is 0 Å². The van der Waals surface area contributed by atoms with Crippen LogP contribution in [0.25, 0.3) is 0 Å². The van der Waals surface area contributed by atoms with Crippen LogP contribution in [0.1, 0.15) is 0 Å². The summed E-state index contributed by atoms with van der Waals surface area (Å²) in [5, 5.41) is 1.75. The molecule has 0 aliphatic heterocycles. The van der Waals surface area contributed by atoms with Crippen molar-refractivity contribution in [2.75, 3.05) is 0 Å². The molecule has 0 aliphatic rings. The van der Waals surface area contributed by atoms with Crippen LogP contribution in [0.3, 0.4) is 0 Å². The Bertz CT molecular complexity index is 116. The Morgan fingerprint density at radius 3 is 1.89 bits per heavy atom. The van der Waals surface area contributed by atoms with Crippen LogP contribution in [-0.4, -0.2) is 9.97 Å². The highest BCUT2D eigenvalue weighted by molar-refractivity contribution is 4.74. The molecule has 0 fully saturated rings. The summed E-state index contributed by atoms with van der Waals surface area (Å²) in [4.78, 5) is 15.7. The smallest absolute Gasteiger partial charge is 0.115 e. The first-order valence-electron chi connectivity index (χ1n) is 2.14. The molecule has 1 aromatic heterocycles. The molecule has 5 heteroatoms. The molecule has 1 aromatic rings. The lowest BCUT2D eigenvalue weighted by Crippen LogP contribution is -1.66. The molecule has 1 heterocycles. The van der Waals surface area contributed by atoms with Crippen LogP contribution < -0.4 is 5.84 Å². The maximum Gasteiger partial charge on any atom is 0.115 e. The molecule has 0 radical (unpaired) electrons. The molecule has 48 valence electrons. The van der Waals surface area contributed by atoms with Crippen molar-refractivity contribution in [3.8, 4) is 0 Å². The highest BCUT2D eigenvalue weighted by atomic mass is 16.3. The van der Waals surface area contributed by atoms with Crippen molar-refractivity contribution in [1.29, 1.82) is 0 Å². The standard InChI is InChI=1S/C4H4N2.H2N2O/c1-2-5-4-6-3-1;1-2-3/h1-4H;(H2,1,3). The van der Waals surface area contributed by atoms with E-state index in [9.17, 15) is 0 Å². The van der Waals surface area contributed by atoms with Gasteiger partial charge in [0, 0.05) is 17.7 Å². The van der Waals surface area contributed by atoms with Gasteiger partial charge in [0.2, 0.25) is 0 Å². The zero-order valence-electron chi connectivity index (χ0n) is 4.64. The number of hydrogen-bond donors (Lipinski definition) is 1. The van der Waals surface area contributed by atoms with Gasteiger partial charge < -0.3 is 0 Å². The van der Waals surface area contributed by atoms with Crippen LogP contribution in [0.2, 0.25) is 0 Å². The Morgan fingerprint density at radius 2 is 1.78 bits per heavy atom. The zero-order valence-corrected chi connectivity index (χ0v) is 4.64. The predicted molar refractivity (Wildman–Crippen MR) is 32.0 cm³/mol. The fourth-order valence-electron chi connectivity index (χ4n) is 0.253. The van der Waals surface area contributed by atoms with Crippen molar-refractivity contribution in [1.82, 2.24) is 9.97 Å². The van der Waals surface area contributed by atoms with Crippen molar-refractivity contribution < 1.29 is 0 Å². The third-order valence-electron chi connectivity index (χ3n) is 0.478. The average Bonchev–Trinajstić information content (AvgIpc) is 1.93. The van der Waals surface area contributed by atoms with E-state index in [1.165, 1.54) is 6.33 Å². The largest absolute Gasteiger partial charge is 0.287 e. The second kappa shape index (κ2) is 6.48. The summed E-state index contributed by atoms with van der Waals surface area (Å²) in [5.41, 5.74) is 0. The van der Waals surface area contributed by atoms with E-state index in [1.807, 2.05) is 0 Å². The molecule has 0 bridgehead atoms. The van der Waals surface area contributed by atoms with Crippen molar-refractivity contribution in [2.24, 2.45) is 11.1 Å². The minimum absolute atomic E-state index is 1.50. The number of aromatic nitrogens is 2. The van der Waals surface area contributed by atoms with Gasteiger partial charge in [-0.15, -0.1) is 4.91 Å². The molecule has 0 aliphatic carbocycles. The normalized spacial score (nSPS) is 6.67. The average molecular weight is 126 g/mol. The van der Waals surface area contributed by atoms with Gasteiger partial charge in [0.25, 0.3) is 0 Å².